The summed E-state index contributed by atoms with van der Waals surface area (Å²) in [6.07, 6.45) is 1.92. The van der Waals surface area contributed by atoms with Gasteiger partial charge in [-0.05, 0) is 36.8 Å². The van der Waals surface area contributed by atoms with E-state index in [1.165, 1.54) is 11.2 Å². The molecule has 0 bridgehead atoms. The fraction of sp³-hybridized carbons (Fsp3) is 0.250. The summed E-state index contributed by atoms with van der Waals surface area (Å²) in [6, 6.07) is 10.1. The third-order valence-corrected chi connectivity index (χ3v) is 3.45. The number of furan rings is 1. The van der Waals surface area contributed by atoms with E-state index in [-0.39, 0.29) is 17.6 Å². The molecule has 1 fully saturated rings. The number of nitrogens with zero attached hydrogens (tertiary/aromatic N) is 1. The fourth-order valence-electron chi connectivity index (χ4n) is 2.46. The molecule has 0 N–H and O–H groups in total. The molecule has 0 radical (unpaired) electrons. The second-order valence-corrected chi connectivity index (χ2v) is 4.96. The lowest BCUT2D eigenvalue weighted by Crippen LogP contribution is -2.43. The number of ether oxygens (including phenoxy) is 1. The second-order valence-electron chi connectivity index (χ2n) is 4.96. The second kappa shape index (κ2) is 5.44. The molecule has 21 heavy (non-hydrogen) atoms. The molecule has 1 amide bonds. The summed E-state index contributed by atoms with van der Waals surface area (Å²) in [7, 11) is 0. The number of carbonyl (C=O) groups is 2. The maximum atomic E-state index is 12.7. The lowest BCUT2D eigenvalue weighted by atomic mass is 10.1. The summed E-state index contributed by atoms with van der Waals surface area (Å²) in [5, 5.41) is 0. The molecule has 0 aliphatic carbocycles. The van der Waals surface area contributed by atoms with Gasteiger partial charge in [-0.2, -0.15) is 0 Å². The van der Waals surface area contributed by atoms with Gasteiger partial charge in [0.25, 0.3) is 5.91 Å². The molecule has 5 heteroatoms. The van der Waals surface area contributed by atoms with Gasteiger partial charge in [0.05, 0.1) is 12.9 Å². The standard InChI is InChI=1S/C16H15NO4/c1-11-4-2-5-12(10-11)17(13-7-9-21-16(13)19)15(18)14-6-3-8-20-14/h2-6,8,10,13H,7,9H2,1H3. The van der Waals surface area contributed by atoms with Crippen LogP contribution < -0.4 is 4.90 Å². The topological polar surface area (TPSA) is 59.8 Å². The van der Waals surface area contributed by atoms with Crippen molar-refractivity contribution in [3.63, 3.8) is 0 Å². The zero-order valence-electron chi connectivity index (χ0n) is 11.6. The minimum Gasteiger partial charge on any atom is -0.464 e. The van der Waals surface area contributed by atoms with Crippen molar-refractivity contribution >= 4 is 17.6 Å². The summed E-state index contributed by atoms with van der Waals surface area (Å²) in [5.74, 6) is -0.512. The molecule has 2 heterocycles. The maximum Gasteiger partial charge on any atom is 0.329 e. The van der Waals surface area contributed by atoms with Gasteiger partial charge in [0, 0.05) is 12.1 Å². The van der Waals surface area contributed by atoms with Crippen LogP contribution in [0.3, 0.4) is 0 Å². The first-order chi connectivity index (χ1) is 10.2. The van der Waals surface area contributed by atoms with E-state index in [0.717, 1.165) is 5.56 Å². The largest absolute Gasteiger partial charge is 0.464 e. The highest BCUT2D eigenvalue weighted by Gasteiger charge is 2.37. The van der Waals surface area contributed by atoms with Gasteiger partial charge in [0.15, 0.2) is 5.76 Å². The molecule has 1 saturated heterocycles. The zero-order valence-corrected chi connectivity index (χ0v) is 11.6. The minimum atomic E-state index is -0.607. The molecule has 1 atom stereocenters. The quantitative estimate of drug-likeness (QED) is 0.813. The van der Waals surface area contributed by atoms with Crippen molar-refractivity contribution in [1.29, 1.82) is 0 Å². The average Bonchev–Trinajstić information content (AvgIpc) is 3.11. The summed E-state index contributed by atoms with van der Waals surface area (Å²) < 4.78 is 10.2. The van der Waals surface area contributed by atoms with Crippen molar-refractivity contribution in [3.8, 4) is 0 Å². The van der Waals surface area contributed by atoms with E-state index < -0.39 is 6.04 Å². The highest BCUT2D eigenvalue weighted by atomic mass is 16.5. The van der Waals surface area contributed by atoms with E-state index in [1.54, 1.807) is 18.2 Å². The molecule has 2 aromatic rings. The molecule has 1 aromatic carbocycles. The van der Waals surface area contributed by atoms with Crippen molar-refractivity contribution in [1.82, 2.24) is 0 Å². The lowest BCUT2D eigenvalue weighted by molar-refractivity contribution is -0.139. The number of carbonyl (C=O) groups excluding carboxylic acids is 2. The van der Waals surface area contributed by atoms with Crippen molar-refractivity contribution < 1.29 is 18.7 Å². The van der Waals surface area contributed by atoms with E-state index in [1.807, 2.05) is 25.1 Å². The lowest BCUT2D eigenvalue weighted by Gasteiger charge is -2.26. The Labute approximate surface area is 122 Å². The molecule has 0 saturated carbocycles. The number of rotatable bonds is 3. The molecule has 1 aliphatic rings. The van der Waals surface area contributed by atoms with Gasteiger partial charge < -0.3 is 9.15 Å². The Bertz CT molecular complexity index is 663. The summed E-state index contributed by atoms with van der Waals surface area (Å²) in [5.41, 5.74) is 1.68. The maximum absolute atomic E-state index is 12.7. The highest BCUT2D eigenvalue weighted by Crippen LogP contribution is 2.26. The Hall–Kier alpha value is -2.56. The van der Waals surface area contributed by atoms with Crippen LogP contribution in [0.5, 0.6) is 0 Å². The van der Waals surface area contributed by atoms with Gasteiger partial charge in [-0.15, -0.1) is 0 Å². The number of anilines is 1. The highest BCUT2D eigenvalue weighted by molar-refractivity contribution is 6.08. The van der Waals surface area contributed by atoms with Crippen molar-refractivity contribution in [2.75, 3.05) is 11.5 Å². The van der Waals surface area contributed by atoms with E-state index in [4.69, 9.17) is 9.15 Å². The molecule has 0 spiro atoms. The van der Waals surface area contributed by atoms with Crippen LogP contribution in [0.4, 0.5) is 5.69 Å². The minimum absolute atomic E-state index is 0.205. The predicted octanol–water partition coefficient (Wildman–Crippen LogP) is 2.55. The number of benzene rings is 1. The summed E-state index contributed by atoms with van der Waals surface area (Å²) >= 11 is 0. The van der Waals surface area contributed by atoms with Crippen molar-refractivity contribution in [3.05, 3.63) is 54.0 Å². The number of amides is 1. The Morgan fingerprint density at radius 2 is 2.14 bits per heavy atom. The van der Waals surface area contributed by atoms with Gasteiger partial charge in [-0.3, -0.25) is 9.69 Å². The van der Waals surface area contributed by atoms with Crippen molar-refractivity contribution in [2.24, 2.45) is 0 Å². The first kappa shape index (κ1) is 13.4. The molecule has 1 aromatic heterocycles. The van der Waals surface area contributed by atoms with Crippen molar-refractivity contribution in [2.45, 2.75) is 19.4 Å². The number of hydrogen-bond acceptors (Lipinski definition) is 4. The van der Waals surface area contributed by atoms with E-state index >= 15 is 0 Å². The first-order valence-electron chi connectivity index (χ1n) is 6.77. The van der Waals surface area contributed by atoms with E-state index in [9.17, 15) is 9.59 Å². The van der Waals surface area contributed by atoms with Crippen LogP contribution in [0, 0.1) is 6.92 Å². The SMILES string of the molecule is Cc1cccc(N(C(=O)c2ccco2)C2CCOC2=O)c1. The fourth-order valence-corrected chi connectivity index (χ4v) is 2.46. The van der Waals surface area contributed by atoms with Gasteiger partial charge in [-0.1, -0.05) is 12.1 Å². The van der Waals surface area contributed by atoms with Gasteiger partial charge in [0.2, 0.25) is 0 Å². The van der Waals surface area contributed by atoms with Crippen LogP contribution in [0.15, 0.2) is 47.1 Å². The Morgan fingerprint density at radius 3 is 2.76 bits per heavy atom. The number of hydrogen-bond donors (Lipinski definition) is 0. The number of esters is 1. The molecular formula is C16H15NO4. The number of aryl methyl sites for hydroxylation is 1. The molecule has 1 aliphatic heterocycles. The van der Waals surface area contributed by atoms with Crippen LogP contribution in [-0.2, 0) is 9.53 Å². The normalized spacial score (nSPS) is 17.6. The first-order valence-corrected chi connectivity index (χ1v) is 6.77. The molecular weight excluding hydrogens is 270 g/mol. The average molecular weight is 285 g/mol. The number of cyclic esters (lactones) is 1. The smallest absolute Gasteiger partial charge is 0.329 e. The summed E-state index contributed by atoms with van der Waals surface area (Å²) in [6.45, 7) is 2.27. The molecule has 108 valence electrons. The predicted molar refractivity (Wildman–Crippen MR) is 76.1 cm³/mol. The van der Waals surface area contributed by atoms with Crippen LogP contribution in [0.1, 0.15) is 22.5 Å². The Balaban J connectivity index is 2.02. The monoisotopic (exact) mass is 285 g/mol. The third kappa shape index (κ3) is 2.54. The Morgan fingerprint density at radius 1 is 1.29 bits per heavy atom. The molecule has 1 unspecified atom stereocenters. The van der Waals surface area contributed by atoms with Gasteiger partial charge in [-0.25, -0.2) is 4.79 Å². The molecule has 3 rings (SSSR count). The Kier molecular flexibility index (Phi) is 3.48. The van der Waals surface area contributed by atoms with Crippen LogP contribution >= 0.6 is 0 Å². The van der Waals surface area contributed by atoms with Gasteiger partial charge in [0.1, 0.15) is 6.04 Å². The van der Waals surface area contributed by atoms with Crippen LogP contribution in [0.2, 0.25) is 0 Å². The van der Waals surface area contributed by atoms with Crippen LogP contribution in [-0.4, -0.2) is 24.5 Å². The summed E-state index contributed by atoms with van der Waals surface area (Å²) in [4.78, 5) is 26.0. The van der Waals surface area contributed by atoms with E-state index in [2.05, 4.69) is 0 Å². The van der Waals surface area contributed by atoms with Gasteiger partial charge >= 0.3 is 5.97 Å². The third-order valence-electron chi connectivity index (χ3n) is 3.45. The zero-order chi connectivity index (χ0) is 14.8. The van der Waals surface area contributed by atoms with Crippen LogP contribution in [0.25, 0.3) is 0 Å². The molecule has 5 nitrogen and oxygen atoms in total. The van der Waals surface area contributed by atoms with E-state index in [0.29, 0.717) is 18.7 Å².